The van der Waals surface area contributed by atoms with Crippen LogP contribution < -0.4 is 0 Å². The summed E-state index contributed by atoms with van der Waals surface area (Å²) in [4.78, 5) is 0. The van der Waals surface area contributed by atoms with Gasteiger partial charge < -0.3 is 10.2 Å². The maximum absolute atomic E-state index is 9.07. The Morgan fingerprint density at radius 2 is 2.11 bits per heavy atom. The molecule has 54 valence electrons. The van der Waals surface area contributed by atoms with E-state index in [-0.39, 0.29) is 12.5 Å². The van der Waals surface area contributed by atoms with Crippen molar-refractivity contribution in [2.45, 2.75) is 20.0 Å². The second-order valence-electron chi connectivity index (χ2n) is 2.18. The molecule has 9 heavy (non-hydrogen) atoms. The molecule has 2 atom stereocenters. The number of hydrogen-bond acceptors (Lipinski definition) is 2. The first kappa shape index (κ1) is 8.66. The van der Waals surface area contributed by atoms with Crippen molar-refractivity contribution in [1.29, 1.82) is 0 Å². The van der Waals surface area contributed by atoms with Gasteiger partial charge in [-0.15, -0.1) is 0 Å². The molecule has 0 radical (unpaired) electrons. The predicted molar refractivity (Wildman–Crippen MR) is 37.1 cm³/mol. The van der Waals surface area contributed by atoms with Gasteiger partial charge >= 0.3 is 0 Å². The molecule has 2 nitrogen and oxygen atoms in total. The molecule has 0 aliphatic rings. The molecule has 2 heteroatoms. The van der Waals surface area contributed by atoms with Crippen molar-refractivity contribution in [1.82, 2.24) is 0 Å². The highest BCUT2D eigenvalue weighted by Gasteiger charge is 2.07. The third-order valence-electron chi connectivity index (χ3n) is 1.26. The van der Waals surface area contributed by atoms with Crippen LogP contribution in [0.5, 0.6) is 0 Å². The van der Waals surface area contributed by atoms with Crippen molar-refractivity contribution >= 4 is 0 Å². The van der Waals surface area contributed by atoms with Crippen LogP contribution in [0.1, 0.15) is 13.8 Å². The molecular formula is C7H14O2. The quantitative estimate of drug-likeness (QED) is 0.548. The molecule has 0 aromatic heterocycles. The molecular weight excluding hydrogens is 116 g/mol. The Morgan fingerprint density at radius 3 is 2.44 bits per heavy atom. The lowest BCUT2D eigenvalue weighted by molar-refractivity contribution is 0.111. The molecule has 0 heterocycles. The minimum atomic E-state index is -0.500. The monoisotopic (exact) mass is 130 g/mol. The summed E-state index contributed by atoms with van der Waals surface area (Å²) in [5.41, 5.74) is 0. The number of rotatable bonds is 3. The molecule has 2 unspecified atom stereocenters. The van der Waals surface area contributed by atoms with Crippen molar-refractivity contribution in [3.8, 4) is 0 Å². The highest BCUT2D eigenvalue weighted by molar-refractivity contribution is 4.87. The van der Waals surface area contributed by atoms with Gasteiger partial charge in [0.2, 0.25) is 0 Å². The van der Waals surface area contributed by atoms with Crippen molar-refractivity contribution < 1.29 is 10.2 Å². The first-order valence-corrected chi connectivity index (χ1v) is 3.14. The lowest BCUT2D eigenvalue weighted by Crippen LogP contribution is -2.17. The summed E-state index contributed by atoms with van der Waals surface area (Å²) in [5, 5.41) is 17.6. The Balaban J connectivity index is 3.58. The molecule has 0 fully saturated rings. The SMILES string of the molecule is CC=CC(O)C(C)CO. The van der Waals surface area contributed by atoms with Gasteiger partial charge in [-0.3, -0.25) is 0 Å². The van der Waals surface area contributed by atoms with Gasteiger partial charge in [-0.2, -0.15) is 0 Å². The Kier molecular flexibility index (Phi) is 4.36. The molecule has 0 spiro atoms. The summed E-state index contributed by atoms with van der Waals surface area (Å²) >= 11 is 0. The molecule has 0 saturated heterocycles. The minimum absolute atomic E-state index is 0.0332. The van der Waals surface area contributed by atoms with Crippen LogP contribution in [0.15, 0.2) is 12.2 Å². The van der Waals surface area contributed by atoms with E-state index in [2.05, 4.69) is 0 Å². The summed E-state index contributed by atoms with van der Waals surface area (Å²) in [6, 6.07) is 0. The first-order chi connectivity index (χ1) is 4.22. The Labute approximate surface area is 55.8 Å². The van der Waals surface area contributed by atoms with E-state index in [0.29, 0.717) is 0 Å². The zero-order valence-electron chi connectivity index (χ0n) is 5.91. The van der Waals surface area contributed by atoms with Crippen molar-refractivity contribution in [2.24, 2.45) is 5.92 Å². The summed E-state index contributed by atoms with van der Waals surface area (Å²) in [6.45, 7) is 3.67. The smallest absolute Gasteiger partial charge is 0.0768 e. The maximum Gasteiger partial charge on any atom is 0.0768 e. The van der Waals surface area contributed by atoms with E-state index < -0.39 is 6.10 Å². The van der Waals surface area contributed by atoms with Crippen molar-refractivity contribution in [3.63, 3.8) is 0 Å². The zero-order chi connectivity index (χ0) is 7.28. The van der Waals surface area contributed by atoms with Gasteiger partial charge in [-0.05, 0) is 6.92 Å². The van der Waals surface area contributed by atoms with Crippen LogP contribution in [-0.4, -0.2) is 22.9 Å². The van der Waals surface area contributed by atoms with E-state index >= 15 is 0 Å². The largest absolute Gasteiger partial charge is 0.396 e. The second kappa shape index (κ2) is 4.53. The minimum Gasteiger partial charge on any atom is -0.396 e. The first-order valence-electron chi connectivity index (χ1n) is 3.14. The number of aliphatic hydroxyl groups excluding tert-OH is 2. The zero-order valence-corrected chi connectivity index (χ0v) is 5.91. The average Bonchev–Trinajstić information content (AvgIpc) is 1.87. The molecule has 2 N–H and O–H groups in total. The van der Waals surface area contributed by atoms with Crippen molar-refractivity contribution in [3.05, 3.63) is 12.2 Å². The number of allylic oxidation sites excluding steroid dienone is 1. The van der Waals surface area contributed by atoms with Crippen LogP contribution in [0.25, 0.3) is 0 Å². The standard InChI is InChI=1S/C7H14O2/c1-3-4-7(9)6(2)5-8/h3-4,6-9H,5H2,1-2H3. The van der Waals surface area contributed by atoms with E-state index in [0.717, 1.165) is 0 Å². The fourth-order valence-corrected chi connectivity index (χ4v) is 0.495. The van der Waals surface area contributed by atoms with Crippen LogP contribution >= 0.6 is 0 Å². The fraction of sp³-hybridized carbons (Fsp3) is 0.714. The molecule has 0 aliphatic heterocycles. The Hall–Kier alpha value is -0.340. The van der Waals surface area contributed by atoms with Crippen LogP contribution in [0.4, 0.5) is 0 Å². The lowest BCUT2D eigenvalue weighted by atomic mass is 10.1. The Morgan fingerprint density at radius 1 is 1.56 bits per heavy atom. The van der Waals surface area contributed by atoms with Crippen molar-refractivity contribution in [2.75, 3.05) is 6.61 Å². The molecule has 0 saturated carbocycles. The van der Waals surface area contributed by atoms with Gasteiger partial charge in [0.05, 0.1) is 6.10 Å². The van der Waals surface area contributed by atoms with Gasteiger partial charge in [0.25, 0.3) is 0 Å². The maximum atomic E-state index is 9.07. The highest BCUT2D eigenvalue weighted by atomic mass is 16.3. The van der Waals surface area contributed by atoms with E-state index in [1.165, 1.54) is 0 Å². The van der Waals surface area contributed by atoms with E-state index in [1.54, 1.807) is 19.1 Å². The van der Waals surface area contributed by atoms with Gasteiger partial charge in [0.1, 0.15) is 0 Å². The van der Waals surface area contributed by atoms with Crippen LogP contribution in [-0.2, 0) is 0 Å². The third-order valence-corrected chi connectivity index (χ3v) is 1.26. The van der Waals surface area contributed by atoms with Crippen LogP contribution in [0.2, 0.25) is 0 Å². The molecule has 0 rings (SSSR count). The normalized spacial score (nSPS) is 18.2. The molecule has 0 aromatic rings. The van der Waals surface area contributed by atoms with Gasteiger partial charge in [-0.25, -0.2) is 0 Å². The highest BCUT2D eigenvalue weighted by Crippen LogP contribution is 2.01. The predicted octanol–water partition coefficient (Wildman–Crippen LogP) is 0.552. The van der Waals surface area contributed by atoms with Gasteiger partial charge in [0.15, 0.2) is 0 Å². The topological polar surface area (TPSA) is 40.5 Å². The van der Waals surface area contributed by atoms with Crippen LogP contribution in [0, 0.1) is 5.92 Å². The fourth-order valence-electron chi connectivity index (χ4n) is 0.495. The van der Waals surface area contributed by atoms with Gasteiger partial charge in [0, 0.05) is 12.5 Å². The second-order valence-corrected chi connectivity index (χ2v) is 2.18. The van der Waals surface area contributed by atoms with Crippen LogP contribution in [0.3, 0.4) is 0 Å². The third kappa shape index (κ3) is 3.27. The molecule has 0 aliphatic carbocycles. The molecule has 0 aromatic carbocycles. The summed E-state index contributed by atoms with van der Waals surface area (Å²) in [6.07, 6.45) is 2.94. The molecule has 0 bridgehead atoms. The molecule has 0 amide bonds. The van der Waals surface area contributed by atoms with E-state index in [1.807, 2.05) is 6.92 Å². The van der Waals surface area contributed by atoms with E-state index in [4.69, 9.17) is 10.2 Å². The summed E-state index contributed by atoms with van der Waals surface area (Å²) in [5.74, 6) is -0.0544. The Bertz CT molecular complexity index is 88.9. The lowest BCUT2D eigenvalue weighted by Gasteiger charge is -2.10. The van der Waals surface area contributed by atoms with E-state index in [9.17, 15) is 0 Å². The average molecular weight is 130 g/mol. The summed E-state index contributed by atoms with van der Waals surface area (Å²) in [7, 11) is 0. The number of hydrogen-bond donors (Lipinski definition) is 2. The summed E-state index contributed by atoms with van der Waals surface area (Å²) < 4.78 is 0. The van der Waals surface area contributed by atoms with Gasteiger partial charge in [-0.1, -0.05) is 19.1 Å². The number of aliphatic hydroxyl groups is 2.